The minimum absolute atomic E-state index is 0.0315. The molecular formula is C15H24N4O4S. The summed E-state index contributed by atoms with van der Waals surface area (Å²) in [5.41, 5.74) is 0. The normalized spacial score (nSPS) is 18.4. The third kappa shape index (κ3) is 5.40. The lowest BCUT2D eigenvalue weighted by Crippen LogP contribution is -2.39. The zero-order valence-electron chi connectivity index (χ0n) is 13.9. The van der Waals surface area contributed by atoms with Crippen molar-refractivity contribution in [3.8, 4) is 0 Å². The van der Waals surface area contributed by atoms with E-state index in [2.05, 4.69) is 10.6 Å². The van der Waals surface area contributed by atoms with Gasteiger partial charge in [0.25, 0.3) is 0 Å². The molecule has 0 atom stereocenters. The van der Waals surface area contributed by atoms with Crippen LogP contribution in [0.5, 0.6) is 0 Å². The molecule has 2 N–H and O–H groups in total. The Hall–Kier alpha value is -1.77. The van der Waals surface area contributed by atoms with E-state index in [1.165, 1.54) is 16.7 Å². The van der Waals surface area contributed by atoms with Crippen LogP contribution >= 0.6 is 11.8 Å². The predicted molar refractivity (Wildman–Crippen MR) is 90.5 cm³/mol. The predicted octanol–water partition coefficient (Wildman–Crippen LogP) is -0.211. The molecule has 2 aliphatic rings. The molecule has 24 heavy (non-hydrogen) atoms. The third-order valence-corrected chi connectivity index (χ3v) is 5.01. The first-order chi connectivity index (χ1) is 11.5. The number of thioether (sulfide) groups is 1. The summed E-state index contributed by atoms with van der Waals surface area (Å²) in [6.07, 6.45) is 4.41. The highest BCUT2D eigenvalue weighted by Gasteiger charge is 2.32. The van der Waals surface area contributed by atoms with E-state index in [0.717, 1.165) is 30.6 Å². The second kappa shape index (κ2) is 8.91. The molecule has 1 aliphatic carbocycles. The largest absolute Gasteiger partial charge is 0.354 e. The summed E-state index contributed by atoms with van der Waals surface area (Å²) in [6.45, 7) is 0.471. The Labute approximate surface area is 145 Å². The molecule has 0 aromatic carbocycles. The number of hydrogen-bond acceptors (Lipinski definition) is 5. The number of amides is 5. The lowest BCUT2D eigenvalue weighted by atomic mass is 10.2. The Balaban J connectivity index is 1.54. The smallest absolute Gasteiger partial charge is 0.327 e. The van der Waals surface area contributed by atoms with Gasteiger partial charge in [-0.25, -0.2) is 4.79 Å². The highest BCUT2D eigenvalue weighted by molar-refractivity contribution is 8.00. The average molecular weight is 356 g/mol. The average Bonchev–Trinajstić information content (AvgIpc) is 3.11. The van der Waals surface area contributed by atoms with Crippen molar-refractivity contribution in [2.24, 2.45) is 0 Å². The fourth-order valence-corrected chi connectivity index (χ4v) is 3.48. The van der Waals surface area contributed by atoms with Crippen LogP contribution in [0, 0.1) is 0 Å². The molecule has 1 aliphatic heterocycles. The standard InChI is InChI=1S/C15H24N4O4S/c1-18-8-14(22)19(15(18)23)7-6-16-12(20)9-24-10-13(21)17-11-4-2-3-5-11/h11H,2-10H2,1H3,(H,16,20)(H,17,21). The van der Waals surface area contributed by atoms with Crippen LogP contribution in [0.25, 0.3) is 0 Å². The van der Waals surface area contributed by atoms with Gasteiger partial charge in [0.15, 0.2) is 0 Å². The molecule has 9 heteroatoms. The number of hydrogen-bond donors (Lipinski definition) is 2. The minimum Gasteiger partial charge on any atom is -0.354 e. The number of nitrogens with one attached hydrogen (secondary N) is 2. The van der Waals surface area contributed by atoms with Crippen molar-refractivity contribution in [2.75, 3.05) is 38.2 Å². The van der Waals surface area contributed by atoms with Gasteiger partial charge in [-0.1, -0.05) is 12.8 Å². The zero-order chi connectivity index (χ0) is 17.5. The first kappa shape index (κ1) is 18.6. The van der Waals surface area contributed by atoms with E-state index in [1.54, 1.807) is 7.05 Å². The van der Waals surface area contributed by atoms with E-state index in [9.17, 15) is 19.2 Å². The molecule has 134 valence electrons. The topological polar surface area (TPSA) is 98.8 Å². The van der Waals surface area contributed by atoms with Gasteiger partial charge in [0.2, 0.25) is 17.7 Å². The van der Waals surface area contributed by atoms with E-state index in [-0.39, 0.29) is 54.9 Å². The van der Waals surface area contributed by atoms with Crippen LogP contribution in [-0.2, 0) is 14.4 Å². The van der Waals surface area contributed by atoms with Gasteiger partial charge >= 0.3 is 6.03 Å². The summed E-state index contributed by atoms with van der Waals surface area (Å²) in [4.78, 5) is 49.1. The van der Waals surface area contributed by atoms with Crippen LogP contribution in [-0.4, -0.2) is 77.8 Å². The lowest BCUT2D eigenvalue weighted by molar-refractivity contribution is -0.126. The minimum atomic E-state index is -0.341. The number of rotatable bonds is 8. The van der Waals surface area contributed by atoms with E-state index < -0.39 is 0 Å². The van der Waals surface area contributed by atoms with Gasteiger partial charge in [0.05, 0.1) is 11.5 Å². The highest BCUT2D eigenvalue weighted by atomic mass is 32.2. The lowest BCUT2D eigenvalue weighted by Gasteiger charge is -2.14. The van der Waals surface area contributed by atoms with Crippen LogP contribution in [0.1, 0.15) is 25.7 Å². The number of imide groups is 1. The van der Waals surface area contributed by atoms with Gasteiger partial charge < -0.3 is 15.5 Å². The molecule has 1 saturated carbocycles. The molecule has 2 fully saturated rings. The maximum Gasteiger partial charge on any atom is 0.327 e. The summed E-state index contributed by atoms with van der Waals surface area (Å²) >= 11 is 1.26. The summed E-state index contributed by atoms with van der Waals surface area (Å²) < 4.78 is 0. The van der Waals surface area contributed by atoms with E-state index in [4.69, 9.17) is 0 Å². The third-order valence-electron chi connectivity index (χ3n) is 4.08. The van der Waals surface area contributed by atoms with Crippen molar-refractivity contribution >= 4 is 35.5 Å². The highest BCUT2D eigenvalue weighted by Crippen LogP contribution is 2.17. The molecular weight excluding hydrogens is 332 g/mol. The van der Waals surface area contributed by atoms with Gasteiger partial charge in [-0.15, -0.1) is 11.8 Å². The summed E-state index contributed by atoms with van der Waals surface area (Å²) in [5.74, 6) is -0.0515. The number of likely N-dealkylation sites (N-methyl/N-ethyl adjacent to an activating group) is 1. The van der Waals surface area contributed by atoms with Gasteiger partial charge in [-0.3, -0.25) is 19.3 Å². The van der Waals surface area contributed by atoms with Crippen molar-refractivity contribution in [1.29, 1.82) is 0 Å². The monoisotopic (exact) mass is 356 g/mol. The van der Waals surface area contributed by atoms with Crippen LogP contribution < -0.4 is 10.6 Å². The summed E-state index contributed by atoms with van der Waals surface area (Å²) in [5, 5.41) is 5.63. The SMILES string of the molecule is CN1CC(=O)N(CCNC(=O)CSCC(=O)NC2CCCC2)C1=O. The van der Waals surface area contributed by atoms with Crippen molar-refractivity contribution in [3.63, 3.8) is 0 Å². The van der Waals surface area contributed by atoms with Crippen LogP contribution in [0.15, 0.2) is 0 Å². The van der Waals surface area contributed by atoms with Crippen LogP contribution in [0.3, 0.4) is 0 Å². The molecule has 0 aromatic rings. The summed E-state index contributed by atoms with van der Waals surface area (Å²) in [7, 11) is 1.56. The molecule has 1 heterocycles. The Morgan fingerprint density at radius 3 is 2.46 bits per heavy atom. The first-order valence-corrected chi connectivity index (χ1v) is 9.32. The molecule has 0 spiro atoms. The van der Waals surface area contributed by atoms with Crippen LogP contribution in [0.2, 0.25) is 0 Å². The Morgan fingerprint density at radius 2 is 1.83 bits per heavy atom. The van der Waals surface area contributed by atoms with Crippen molar-refractivity contribution in [1.82, 2.24) is 20.4 Å². The van der Waals surface area contributed by atoms with Gasteiger partial charge in [0, 0.05) is 26.2 Å². The van der Waals surface area contributed by atoms with Crippen molar-refractivity contribution in [2.45, 2.75) is 31.7 Å². The van der Waals surface area contributed by atoms with Crippen molar-refractivity contribution < 1.29 is 19.2 Å². The zero-order valence-corrected chi connectivity index (χ0v) is 14.7. The number of carbonyl (C=O) groups excluding carboxylic acids is 4. The molecule has 5 amide bonds. The fourth-order valence-electron chi connectivity index (χ4n) is 2.82. The maximum atomic E-state index is 11.7. The summed E-state index contributed by atoms with van der Waals surface area (Å²) in [6, 6.07) is -0.0483. The number of carbonyl (C=O) groups is 4. The van der Waals surface area contributed by atoms with Gasteiger partial charge in [-0.05, 0) is 12.8 Å². The molecule has 8 nitrogen and oxygen atoms in total. The maximum absolute atomic E-state index is 11.7. The molecule has 0 aromatic heterocycles. The second-order valence-electron chi connectivity index (χ2n) is 6.08. The molecule has 0 radical (unpaired) electrons. The quantitative estimate of drug-likeness (QED) is 0.586. The van der Waals surface area contributed by atoms with Crippen molar-refractivity contribution in [3.05, 3.63) is 0 Å². The Bertz CT molecular complexity index is 508. The number of urea groups is 1. The molecule has 0 bridgehead atoms. The first-order valence-electron chi connectivity index (χ1n) is 8.16. The second-order valence-corrected chi connectivity index (χ2v) is 7.06. The fraction of sp³-hybridized carbons (Fsp3) is 0.733. The molecule has 0 unspecified atom stereocenters. The van der Waals surface area contributed by atoms with E-state index in [1.807, 2.05) is 0 Å². The van der Waals surface area contributed by atoms with Gasteiger partial charge in [0.1, 0.15) is 6.54 Å². The van der Waals surface area contributed by atoms with E-state index >= 15 is 0 Å². The Kier molecular flexibility index (Phi) is 6.89. The molecule has 1 saturated heterocycles. The van der Waals surface area contributed by atoms with Crippen LogP contribution in [0.4, 0.5) is 4.79 Å². The Morgan fingerprint density at radius 1 is 1.17 bits per heavy atom. The van der Waals surface area contributed by atoms with E-state index in [0.29, 0.717) is 6.04 Å². The number of nitrogens with zero attached hydrogens (tertiary/aromatic N) is 2. The van der Waals surface area contributed by atoms with Gasteiger partial charge in [-0.2, -0.15) is 0 Å². The molecule has 2 rings (SSSR count).